The Morgan fingerprint density at radius 2 is 2.07 bits per heavy atom. The van der Waals surface area contributed by atoms with Crippen LogP contribution in [0.25, 0.3) is 11.0 Å². The Hall–Kier alpha value is -3.52. The van der Waals surface area contributed by atoms with Crippen molar-refractivity contribution in [1.29, 1.82) is 0 Å². The molecule has 0 saturated carbocycles. The number of benzene rings is 2. The van der Waals surface area contributed by atoms with Crippen LogP contribution in [0.5, 0.6) is 0 Å². The van der Waals surface area contributed by atoms with Crippen LogP contribution in [0.3, 0.4) is 0 Å². The molecule has 0 aliphatic rings. The van der Waals surface area contributed by atoms with E-state index in [2.05, 4.69) is 10.3 Å². The molecule has 0 bridgehead atoms. The number of para-hydroxylation sites is 1. The normalized spacial score (nSPS) is 10.9. The first kappa shape index (κ1) is 17.9. The van der Waals surface area contributed by atoms with Gasteiger partial charge >= 0.3 is 0 Å². The number of aromatic nitrogens is 1. The molecule has 1 amide bonds. The molecule has 28 heavy (non-hydrogen) atoms. The number of hydrogen-bond donors (Lipinski definition) is 1. The van der Waals surface area contributed by atoms with E-state index in [4.69, 9.17) is 4.42 Å². The number of nitro benzene ring substituents is 1. The molecule has 0 fully saturated rings. The second-order valence-corrected chi connectivity index (χ2v) is 7.36. The fourth-order valence-electron chi connectivity index (χ4n) is 2.97. The van der Waals surface area contributed by atoms with Crippen molar-refractivity contribution < 1.29 is 14.1 Å². The van der Waals surface area contributed by atoms with E-state index in [0.29, 0.717) is 17.1 Å². The van der Waals surface area contributed by atoms with Crippen LogP contribution in [0.15, 0.2) is 59.1 Å². The average molecular weight is 393 g/mol. The standard InChI is InChI=1S/C20H15N3O4S/c1-12-16-7-2-3-8-17(16)27-18(12)19(24)22-20-21-11-15(28-20)10-13-5-4-6-14(9-13)23(25)26/h2-9,11H,10H2,1H3,(H,21,22,24). The Morgan fingerprint density at radius 1 is 1.25 bits per heavy atom. The van der Waals surface area contributed by atoms with Crippen molar-refractivity contribution in [2.75, 3.05) is 5.32 Å². The van der Waals surface area contributed by atoms with Crippen LogP contribution in [0, 0.1) is 17.0 Å². The quantitative estimate of drug-likeness (QED) is 0.382. The first-order valence-corrected chi connectivity index (χ1v) is 9.30. The van der Waals surface area contributed by atoms with Gasteiger partial charge in [0, 0.05) is 40.6 Å². The summed E-state index contributed by atoms with van der Waals surface area (Å²) in [6, 6.07) is 13.9. The summed E-state index contributed by atoms with van der Waals surface area (Å²) in [4.78, 5) is 28.2. The summed E-state index contributed by atoms with van der Waals surface area (Å²) in [5, 5.41) is 15.0. The van der Waals surface area contributed by atoms with E-state index in [1.807, 2.05) is 37.3 Å². The lowest BCUT2D eigenvalue weighted by Gasteiger charge is -2.00. The van der Waals surface area contributed by atoms with Crippen molar-refractivity contribution in [2.45, 2.75) is 13.3 Å². The van der Waals surface area contributed by atoms with Crippen LogP contribution >= 0.6 is 11.3 Å². The van der Waals surface area contributed by atoms with Crippen LogP contribution in [-0.2, 0) is 6.42 Å². The average Bonchev–Trinajstić information content (AvgIpc) is 3.26. The largest absolute Gasteiger partial charge is 0.451 e. The Morgan fingerprint density at radius 3 is 2.86 bits per heavy atom. The Balaban J connectivity index is 1.50. The van der Waals surface area contributed by atoms with Crippen molar-refractivity contribution in [2.24, 2.45) is 0 Å². The number of carbonyl (C=O) groups excluding carboxylic acids is 1. The van der Waals surface area contributed by atoms with E-state index in [0.717, 1.165) is 21.4 Å². The number of furan rings is 1. The van der Waals surface area contributed by atoms with Crippen LogP contribution in [0.2, 0.25) is 0 Å². The van der Waals surface area contributed by atoms with E-state index in [1.165, 1.54) is 23.5 Å². The summed E-state index contributed by atoms with van der Waals surface area (Å²) < 4.78 is 5.67. The molecule has 1 N–H and O–H groups in total. The molecule has 0 aliphatic carbocycles. The number of anilines is 1. The summed E-state index contributed by atoms with van der Waals surface area (Å²) in [6.07, 6.45) is 2.16. The zero-order chi connectivity index (χ0) is 19.7. The van der Waals surface area contributed by atoms with Gasteiger partial charge in [0.15, 0.2) is 10.9 Å². The van der Waals surface area contributed by atoms with Gasteiger partial charge in [0.05, 0.1) is 4.92 Å². The van der Waals surface area contributed by atoms with E-state index < -0.39 is 4.92 Å². The monoisotopic (exact) mass is 393 g/mol. The van der Waals surface area contributed by atoms with Crippen molar-refractivity contribution >= 4 is 39.0 Å². The minimum atomic E-state index is -0.419. The maximum Gasteiger partial charge on any atom is 0.293 e. The van der Waals surface area contributed by atoms with Crippen molar-refractivity contribution in [3.63, 3.8) is 0 Å². The maximum atomic E-state index is 12.6. The number of nitro groups is 1. The lowest BCUT2D eigenvalue weighted by Crippen LogP contribution is -2.11. The van der Waals surface area contributed by atoms with Crippen LogP contribution < -0.4 is 5.32 Å². The topological polar surface area (TPSA) is 98.3 Å². The molecule has 0 aliphatic heterocycles. The third-order valence-electron chi connectivity index (χ3n) is 4.32. The number of fused-ring (bicyclic) bond motifs is 1. The molecule has 0 radical (unpaired) electrons. The van der Waals surface area contributed by atoms with E-state index in [1.54, 1.807) is 12.3 Å². The highest BCUT2D eigenvalue weighted by molar-refractivity contribution is 7.15. The minimum Gasteiger partial charge on any atom is -0.451 e. The molecule has 2 heterocycles. The fraction of sp³-hybridized carbons (Fsp3) is 0.100. The number of aryl methyl sites for hydroxylation is 1. The zero-order valence-corrected chi connectivity index (χ0v) is 15.7. The van der Waals surface area contributed by atoms with E-state index >= 15 is 0 Å². The number of nitrogens with zero attached hydrogens (tertiary/aromatic N) is 2. The summed E-state index contributed by atoms with van der Waals surface area (Å²) in [5.41, 5.74) is 2.30. The molecule has 4 aromatic rings. The SMILES string of the molecule is Cc1c(C(=O)Nc2ncc(Cc3cccc([N+](=O)[O-])c3)s2)oc2ccccc12. The number of nitrogens with one attached hydrogen (secondary N) is 1. The lowest BCUT2D eigenvalue weighted by atomic mass is 10.1. The maximum absolute atomic E-state index is 12.6. The van der Waals surface area contributed by atoms with Crippen molar-refractivity contribution in [1.82, 2.24) is 4.98 Å². The molecule has 140 valence electrons. The van der Waals surface area contributed by atoms with Gasteiger partial charge in [-0.3, -0.25) is 20.2 Å². The zero-order valence-electron chi connectivity index (χ0n) is 14.8. The Labute approximate surface area is 163 Å². The highest BCUT2D eigenvalue weighted by atomic mass is 32.1. The lowest BCUT2D eigenvalue weighted by molar-refractivity contribution is -0.384. The smallest absolute Gasteiger partial charge is 0.293 e. The number of amides is 1. The van der Waals surface area contributed by atoms with Gasteiger partial charge in [0.25, 0.3) is 11.6 Å². The molecular formula is C20H15N3O4S. The van der Waals surface area contributed by atoms with E-state index in [-0.39, 0.29) is 17.4 Å². The molecule has 7 nitrogen and oxygen atoms in total. The van der Waals surface area contributed by atoms with Gasteiger partial charge < -0.3 is 4.42 Å². The second-order valence-electron chi connectivity index (χ2n) is 6.24. The van der Waals surface area contributed by atoms with Gasteiger partial charge in [-0.1, -0.05) is 30.3 Å². The fourth-order valence-corrected chi connectivity index (χ4v) is 3.81. The summed E-state index contributed by atoms with van der Waals surface area (Å²) in [5.74, 6) is -0.0958. The molecule has 2 aromatic carbocycles. The van der Waals surface area contributed by atoms with Gasteiger partial charge in [-0.15, -0.1) is 11.3 Å². The number of hydrogen-bond acceptors (Lipinski definition) is 6. The van der Waals surface area contributed by atoms with Gasteiger partial charge in [-0.2, -0.15) is 0 Å². The third-order valence-corrected chi connectivity index (χ3v) is 5.24. The van der Waals surface area contributed by atoms with Gasteiger partial charge in [-0.05, 0) is 18.6 Å². The second kappa shape index (κ2) is 7.24. The summed E-state index contributed by atoms with van der Waals surface area (Å²) >= 11 is 1.32. The van der Waals surface area contributed by atoms with Gasteiger partial charge in [-0.25, -0.2) is 4.98 Å². The molecule has 2 aromatic heterocycles. The van der Waals surface area contributed by atoms with Crippen LogP contribution in [-0.4, -0.2) is 15.8 Å². The molecule has 0 spiro atoms. The number of non-ortho nitro benzene ring substituents is 1. The molecule has 4 rings (SSSR count). The first-order chi connectivity index (χ1) is 13.5. The molecule has 0 unspecified atom stereocenters. The minimum absolute atomic E-state index is 0.0518. The van der Waals surface area contributed by atoms with Crippen LogP contribution in [0.4, 0.5) is 10.8 Å². The molecule has 0 atom stereocenters. The predicted molar refractivity (Wildman–Crippen MR) is 107 cm³/mol. The van der Waals surface area contributed by atoms with E-state index in [9.17, 15) is 14.9 Å². The molecule has 8 heteroatoms. The van der Waals surface area contributed by atoms with Crippen LogP contribution in [0.1, 0.15) is 26.6 Å². The first-order valence-electron chi connectivity index (χ1n) is 8.49. The van der Waals surface area contributed by atoms with Gasteiger partial charge in [0.2, 0.25) is 0 Å². The summed E-state index contributed by atoms with van der Waals surface area (Å²) in [7, 11) is 0. The van der Waals surface area contributed by atoms with Crippen molar-refractivity contribution in [3.8, 4) is 0 Å². The van der Waals surface area contributed by atoms with Crippen molar-refractivity contribution in [3.05, 3.63) is 86.6 Å². The molecule has 0 saturated heterocycles. The predicted octanol–water partition coefficient (Wildman–Crippen LogP) is 4.95. The highest BCUT2D eigenvalue weighted by Gasteiger charge is 2.18. The van der Waals surface area contributed by atoms with Gasteiger partial charge in [0.1, 0.15) is 5.58 Å². The Bertz CT molecular complexity index is 1200. The third kappa shape index (κ3) is 3.49. The summed E-state index contributed by atoms with van der Waals surface area (Å²) in [6.45, 7) is 1.84. The molecular weight excluding hydrogens is 378 g/mol. The number of thiazole rings is 1. The number of rotatable bonds is 5. The Kier molecular flexibility index (Phi) is 4.62. The number of carbonyl (C=O) groups is 1. The highest BCUT2D eigenvalue weighted by Crippen LogP contribution is 2.27.